The summed E-state index contributed by atoms with van der Waals surface area (Å²) in [6.45, 7) is 4.17. The summed E-state index contributed by atoms with van der Waals surface area (Å²) in [5.41, 5.74) is 3.02. The lowest BCUT2D eigenvalue weighted by atomic mass is 10.1. The molecule has 31 heavy (non-hydrogen) atoms. The van der Waals surface area contributed by atoms with Gasteiger partial charge in [0.15, 0.2) is 0 Å². The van der Waals surface area contributed by atoms with Gasteiger partial charge in [-0.05, 0) is 67.8 Å². The Morgan fingerprint density at radius 2 is 1.81 bits per heavy atom. The largest absolute Gasteiger partial charge is 0.416 e. The second kappa shape index (κ2) is 9.03. The Kier molecular flexibility index (Phi) is 6.19. The predicted octanol–water partition coefficient (Wildman–Crippen LogP) is 5.20. The van der Waals surface area contributed by atoms with Gasteiger partial charge in [0.05, 0.1) is 17.2 Å². The summed E-state index contributed by atoms with van der Waals surface area (Å²) in [5.74, 6) is 0. The first-order chi connectivity index (χ1) is 14.9. The van der Waals surface area contributed by atoms with Crippen molar-refractivity contribution in [2.75, 3.05) is 37.6 Å². The van der Waals surface area contributed by atoms with Crippen LogP contribution in [-0.4, -0.2) is 42.6 Å². The molecular weight excluding hydrogens is 401 g/mol. The number of aromatic nitrogens is 1. The molecule has 1 N–H and O–H groups in total. The summed E-state index contributed by atoms with van der Waals surface area (Å²) in [7, 11) is 0. The number of unbranched alkanes of at least 4 members (excludes halogenated alkanes) is 1. The van der Waals surface area contributed by atoms with Crippen LogP contribution in [-0.2, 0) is 12.6 Å². The van der Waals surface area contributed by atoms with Crippen LogP contribution in [0.3, 0.4) is 0 Å². The number of fused-ring (bicyclic) bond motifs is 1. The van der Waals surface area contributed by atoms with Gasteiger partial charge in [0.1, 0.15) is 0 Å². The van der Waals surface area contributed by atoms with E-state index in [0.29, 0.717) is 11.3 Å². The molecule has 0 bridgehead atoms. The number of nitrogens with one attached hydrogen (secondary N) is 1. The Hall–Kier alpha value is -2.98. The predicted molar refractivity (Wildman–Crippen MR) is 116 cm³/mol. The second-order valence-electron chi connectivity index (χ2n) is 8.02. The van der Waals surface area contributed by atoms with Gasteiger partial charge in [0.25, 0.3) is 0 Å². The van der Waals surface area contributed by atoms with E-state index in [1.54, 1.807) is 6.07 Å². The molecule has 1 aliphatic rings. The third-order valence-electron chi connectivity index (χ3n) is 5.98. The molecule has 2 heterocycles. The molecule has 0 saturated carbocycles. The number of nitriles is 1. The van der Waals surface area contributed by atoms with Crippen molar-refractivity contribution >= 4 is 16.6 Å². The Bertz CT molecular complexity index is 1070. The van der Waals surface area contributed by atoms with Crippen LogP contribution >= 0.6 is 0 Å². The number of aryl methyl sites for hydroxylation is 1. The zero-order chi connectivity index (χ0) is 21.8. The minimum atomic E-state index is -4.31. The Morgan fingerprint density at radius 1 is 1.00 bits per heavy atom. The maximum Gasteiger partial charge on any atom is 0.416 e. The monoisotopic (exact) mass is 426 g/mol. The summed E-state index contributed by atoms with van der Waals surface area (Å²) in [6, 6.07) is 13.5. The van der Waals surface area contributed by atoms with E-state index in [4.69, 9.17) is 5.26 Å². The number of hydrogen-bond acceptors (Lipinski definition) is 3. The highest BCUT2D eigenvalue weighted by Gasteiger charge is 2.31. The first-order valence-corrected chi connectivity index (χ1v) is 10.6. The smallest absolute Gasteiger partial charge is 0.369 e. The van der Waals surface area contributed by atoms with E-state index in [0.717, 1.165) is 69.0 Å². The van der Waals surface area contributed by atoms with Crippen LogP contribution in [0.5, 0.6) is 0 Å². The van der Waals surface area contributed by atoms with Crippen LogP contribution in [0.25, 0.3) is 10.9 Å². The molecule has 0 atom stereocenters. The fourth-order valence-electron chi connectivity index (χ4n) is 4.21. The van der Waals surface area contributed by atoms with E-state index in [2.05, 4.69) is 16.0 Å². The quantitative estimate of drug-likeness (QED) is 0.551. The van der Waals surface area contributed by atoms with Gasteiger partial charge in [-0.2, -0.15) is 18.4 Å². The number of halogens is 3. The Labute approximate surface area is 179 Å². The maximum atomic E-state index is 13.0. The van der Waals surface area contributed by atoms with Crippen LogP contribution in [0.4, 0.5) is 18.9 Å². The molecule has 1 saturated heterocycles. The minimum absolute atomic E-state index is 0.591. The van der Waals surface area contributed by atoms with Gasteiger partial charge in [-0.1, -0.05) is 6.07 Å². The zero-order valence-electron chi connectivity index (χ0n) is 17.3. The number of nitrogens with zero attached hydrogens (tertiary/aromatic N) is 3. The van der Waals surface area contributed by atoms with Crippen molar-refractivity contribution in [3.63, 3.8) is 0 Å². The molecule has 3 aromatic rings. The number of H-pyrrole nitrogens is 1. The first-order valence-electron chi connectivity index (χ1n) is 10.6. The molecule has 4 rings (SSSR count). The van der Waals surface area contributed by atoms with Crippen LogP contribution in [0.1, 0.15) is 29.5 Å². The number of benzene rings is 2. The van der Waals surface area contributed by atoms with E-state index in [1.165, 1.54) is 17.7 Å². The summed E-state index contributed by atoms with van der Waals surface area (Å²) in [4.78, 5) is 7.68. The Balaban J connectivity index is 1.24. The highest BCUT2D eigenvalue weighted by molar-refractivity contribution is 5.84. The number of alkyl halides is 3. The van der Waals surface area contributed by atoms with Gasteiger partial charge >= 0.3 is 6.18 Å². The third kappa shape index (κ3) is 5.02. The summed E-state index contributed by atoms with van der Waals surface area (Å²) in [5, 5.41) is 10.2. The van der Waals surface area contributed by atoms with Crippen LogP contribution in [0, 0.1) is 11.3 Å². The maximum absolute atomic E-state index is 13.0. The SMILES string of the molecule is N#Cc1ccc2[nH]cc(CCCCN3CCN(c4cccc(C(F)(F)F)c4)CC3)c2c1. The normalized spacial score (nSPS) is 15.4. The first kappa shape index (κ1) is 21.3. The van der Waals surface area contributed by atoms with Gasteiger partial charge in [0, 0.05) is 49.0 Å². The molecule has 0 aliphatic carbocycles. The highest BCUT2D eigenvalue weighted by atomic mass is 19.4. The van der Waals surface area contributed by atoms with Gasteiger partial charge in [-0.25, -0.2) is 0 Å². The molecule has 1 aliphatic heterocycles. The fraction of sp³-hybridized carbons (Fsp3) is 0.375. The molecule has 0 radical (unpaired) electrons. The van der Waals surface area contributed by atoms with Gasteiger partial charge in [-0.15, -0.1) is 0 Å². The van der Waals surface area contributed by atoms with E-state index >= 15 is 0 Å². The molecule has 0 unspecified atom stereocenters. The van der Waals surface area contributed by atoms with Crippen molar-refractivity contribution in [3.05, 3.63) is 65.4 Å². The molecule has 0 amide bonds. The van der Waals surface area contributed by atoms with Gasteiger partial charge in [-0.3, -0.25) is 4.90 Å². The summed E-state index contributed by atoms with van der Waals surface area (Å²) < 4.78 is 38.9. The van der Waals surface area contributed by atoms with Crippen LogP contribution < -0.4 is 4.90 Å². The molecule has 1 fully saturated rings. The van der Waals surface area contributed by atoms with Crippen molar-refractivity contribution in [1.82, 2.24) is 9.88 Å². The minimum Gasteiger partial charge on any atom is -0.369 e. The lowest BCUT2D eigenvalue weighted by Crippen LogP contribution is -2.46. The van der Waals surface area contributed by atoms with Crippen molar-refractivity contribution in [2.45, 2.75) is 25.4 Å². The van der Waals surface area contributed by atoms with Crippen molar-refractivity contribution in [1.29, 1.82) is 5.26 Å². The molecule has 1 aromatic heterocycles. The number of aromatic amines is 1. The second-order valence-corrected chi connectivity index (χ2v) is 8.02. The van der Waals surface area contributed by atoms with Gasteiger partial charge < -0.3 is 9.88 Å². The van der Waals surface area contributed by atoms with Gasteiger partial charge in [0.2, 0.25) is 0 Å². The number of rotatable bonds is 6. The van der Waals surface area contributed by atoms with E-state index < -0.39 is 11.7 Å². The molecule has 2 aromatic carbocycles. The van der Waals surface area contributed by atoms with E-state index in [1.807, 2.05) is 29.3 Å². The standard InChI is InChI=1S/C24H25F3N4/c25-24(26,27)20-5-3-6-21(15-20)31-12-10-30(11-13-31)9-2-1-4-19-17-29-23-8-7-18(16-28)14-22(19)23/h3,5-8,14-15,17,29H,1-2,4,9-13H2. The average molecular weight is 426 g/mol. The van der Waals surface area contributed by atoms with E-state index in [9.17, 15) is 13.2 Å². The summed E-state index contributed by atoms with van der Waals surface area (Å²) >= 11 is 0. The third-order valence-corrected chi connectivity index (χ3v) is 5.98. The number of piperazine rings is 1. The van der Waals surface area contributed by atoms with Crippen LogP contribution in [0.2, 0.25) is 0 Å². The average Bonchev–Trinajstić information content (AvgIpc) is 3.19. The van der Waals surface area contributed by atoms with Crippen molar-refractivity contribution in [3.8, 4) is 6.07 Å². The number of anilines is 1. The van der Waals surface area contributed by atoms with E-state index in [-0.39, 0.29) is 0 Å². The lowest BCUT2D eigenvalue weighted by Gasteiger charge is -2.36. The van der Waals surface area contributed by atoms with Crippen molar-refractivity contribution < 1.29 is 13.2 Å². The Morgan fingerprint density at radius 3 is 2.55 bits per heavy atom. The van der Waals surface area contributed by atoms with Crippen molar-refractivity contribution in [2.24, 2.45) is 0 Å². The molecule has 162 valence electrons. The fourth-order valence-corrected chi connectivity index (χ4v) is 4.21. The molecule has 7 heteroatoms. The summed E-state index contributed by atoms with van der Waals surface area (Å²) in [6.07, 6.45) is 0.795. The topological polar surface area (TPSA) is 46.1 Å². The highest BCUT2D eigenvalue weighted by Crippen LogP contribution is 2.32. The van der Waals surface area contributed by atoms with Crippen LogP contribution in [0.15, 0.2) is 48.7 Å². The number of hydrogen-bond donors (Lipinski definition) is 1. The zero-order valence-corrected chi connectivity index (χ0v) is 17.3. The lowest BCUT2D eigenvalue weighted by molar-refractivity contribution is -0.137. The molecule has 4 nitrogen and oxygen atoms in total. The molecular formula is C24H25F3N4. The molecule has 0 spiro atoms.